The van der Waals surface area contributed by atoms with Gasteiger partial charge in [0.05, 0.1) is 5.56 Å². The molecule has 17 heavy (non-hydrogen) atoms. The predicted molar refractivity (Wildman–Crippen MR) is 59.1 cm³/mol. The minimum absolute atomic E-state index is 0.471. The molecule has 0 aliphatic rings. The van der Waals surface area contributed by atoms with Gasteiger partial charge >= 0.3 is 5.97 Å². The van der Waals surface area contributed by atoms with Crippen LogP contribution in [0.4, 0.5) is 8.78 Å². The van der Waals surface area contributed by atoms with Crippen molar-refractivity contribution in [1.82, 2.24) is 0 Å². The number of benzene rings is 1. The second-order valence-corrected chi connectivity index (χ2v) is 4.65. The maximum atomic E-state index is 13.4. The highest BCUT2D eigenvalue weighted by Crippen LogP contribution is 2.21. The Morgan fingerprint density at radius 3 is 2.18 bits per heavy atom. The molecule has 0 heterocycles. The zero-order valence-electron chi connectivity index (χ0n) is 9.96. The summed E-state index contributed by atoms with van der Waals surface area (Å²) in [5, 5.41) is 0. The molecule has 0 amide bonds. The number of nitrogens with two attached hydrogens (primary N) is 1. The molecule has 1 aromatic carbocycles. The first-order valence-corrected chi connectivity index (χ1v) is 5.15. The van der Waals surface area contributed by atoms with Crippen molar-refractivity contribution in [3.8, 4) is 0 Å². The normalized spacial score (nSPS) is 13.3. The van der Waals surface area contributed by atoms with E-state index in [0.717, 1.165) is 12.1 Å². The maximum Gasteiger partial charge on any atom is 0.328 e. The van der Waals surface area contributed by atoms with E-state index in [4.69, 9.17) is 10.5 Å². The van der Waals surface area contributed by atoms with E-state index in [1.807, 2.05) is 0 Å². The lowest BCUT2D eigenvalue weighted by atomic mass is 10.1. The Morgan fingerprint density at radius 2 is 1.76 bits per heavy atom. The fourth-order valence-corrected chi connectivity index (χ4v) is 1.29. The molecule has 3 nitrogen and oxygen atoms in total. The number of hydrogen-bond acceptors (Lipinski definition) is 3. The van der Waals surface area contributed by atoms with Crippen molar-refractivity contribution in [3.63, 3.8) is 0 Å². The first-order valence-electron chi connectivity index (χ1n) is 5.15. The van der Waals surface area contributed by atoms with Crippen LogP contribution in [0, 0.1) is 11.6 Å². The number of carbonyl (C=O) groups excluding carboxylic acids is 1. The van der Waals surface area contributed by atoms with Gasteiger partial charge in [0, 0.05) is 0 Å². The Morgan fingerprint density at radius 1 is 1.29 bits per heavy atom. The van der Waals surface area contributed by atoms with Gasteiger partial charge in [0.2, 0.25) is 0 Å². The lowest BCUT2D eigenvalue weighted by molar-refractivity contribution is -0.156. The maximum absolute atomic E-state index is 13.4. The number of carbonyl (C=O) groups is 1. The number of halogens is 2. The molecule has 0 aliphatic carbocycles. The molecule has 0 saturated heterocycles. The zero-order valence-corrected chi connectivity index (χ0v) is 9.96. The van der Waals surface area contributed by atoms with Crippen LogP contribution in [0.15, 0.2) is 18.2 Å². The monoisotopic (exact) mass is 243 g/mol. The Bertz CT molecular complexity index is 407. The van der Waals surface area contributed by atoms with E-state index in [9.17, 15) is 13.6 Å². The summed E-state index contributed by atoms with van der Waals surface area (Å²) in [4.78, 5) is 11.6. The van der Waals surface area contributed by atoms with Gasteiger partial charge in [0.15, 0.2) is 0 Å². The molecule has 1 rings (SSSR count). The average molecular weight is 243 g/mol. The average Bonchev–Trinajstić information content (AvgIpc) is 2.14. The molecular weight excluding hydrogens is 228 g/mol. The van der Waals surface area contributed by atoms with Crippen molar-refractivity contribution in [2.24, 2.45) is 5.73 Å². The largest absolute Gasteiger partial charge is 0.459 e. The van der Waals surface area contributed by atoms with Gasteiger partial charge in [-0.1, -0.05) is 6.07 Å². The lowest BCUT2D eigenvalue weighted by Crippen LogP contribution is -2.32. The van der Waals surface area contributed by atoms with Crippen LogP contribution in [0.25, 0.3) is 0 Å². The fourth-order valence-electron chi connectivity index (χ4n) is 1.29. The third kappa shape index (κ3) is 3.49. The van der Waals surface area contributed by atoms with Crippen molar-refractivity contribution in [2.45, 2.75) is 32.4 Å². The van der Waals surface area contributed by atoms with E-state index in [2.05, 4.69) is 0 Å². The molecule has 1 aromatic rings. The van der Waals surface area contributed by atoms with Crippen LogP contribution in [-0.2, 0) is 9.53 Å². The van der Waals surface area contributed by atoms with Gasteiger partial charge in [-0.3, -0.25) is 0 Å². The Balaban J connectivity index is 2.97. The molecule has 0 aliphatic heterocycles. The van der Waals surface area contributed by atoms with Crippen LogP contribution in [0.3, 0.4) is 0 Å². The van der Waals surface area contributed by atoms with Gasteiger partial charge < -0.3 is 10.5 Å². The highest BCUT2D eigenvalue weighted by atomic mass is 19.1. The SMILES string of the molecule is CC(C)(C)OC(=O)C(N)c1c(F)cccc1F. The third-order valence-electron chi connectivity index (χ3n) is 1.97. The second kappa shape index (κ2) is 4.79. The molecule has 0 bridgehead atoms. The van der Waals surface area contributed by atoms with Gasteiger partial charge in [-0.2, -0.15) is 0 Å². The summed E-state index contributed by atoms with van der Waals surface area (Å²) >= 11 is 0. The van der Waals surface area contributed by atoms with Gasteiger partial charge in [-0.05, 0) is 32.9 Å². The molecule has 5 heteroatoms. The highest BCUT2D eigenvalue weighted by molar-refractivity contribution is 5.77. The molecule has 0 saturated carbocycles. The summed E-state index contributed by atoms with van der Waals surface area (Å²) in [6.07, 6.45) is 0. The Hall–Kier alpha value is -1.49. The van der Waals surface area contributed by atoms with Crippen LogP contribution in [0.2, 0.25) is 0 Å². The third-order valence-corrected chi connectivity index (χ3v) is 1.97. The van der Waals surface area contributed by atoms with E-state index in [1.54, 1.807) is 20.8 Å². The predicted octanol–water partition coefficient (Wildman–Crippen LogP) is 2.31. The fraction of sp³-hybridized carbons (Fsp3) is 0.417. The molecule has 1 unspecified atom stereocenters. The summed E-state index contributed by atoms with van der Waals surface area (Å²) in [7, 11) is 0. The molecule has 0 fully saturated rings. The standard InChI is InChI=1S/C12H15F2NO2/c1-12(2,3)17-11(16)10(15)9-7(13)5-4-6-8(9)14/h4-6,10H,15H2,1-3H3. The number of esters is 1. The Labute approximate surface area is 98.6 Å². The van der Waals surface area contributed by atoms with Crippen LogP contribution in [-0.4, -0.2) is 11.6 Å². The van der Waals surface area contributed by atoms with Gasteiger partial charge in [0.25, 0.3) is 0 Å². The smallest absolute Gasteiger partial charge is 0.328 e. The molecule has 0 radical (unpaired) electrons. The van der Waals surface area contributed by atoms with Gasteiger partial charge in [0.1, 0.15) is 23.3 Å². The first-order chi connectivity index (χ1) is 7.72. The molecule has 1 atom stereocenters. The van der Waals surface area contributed by atoms with Crippen LogP contribution >= 0.6 is 0 Å². The summed E-state index contributed by atoms with van der Waals surface area (Å²) in [6.45, 7) is 4.94. The molecule has 0 aromatic heterocycles. The van der Waals surface area contributed by atoms with E-state index in [1.165, 1.54) is 6.07 Å². The summed E-state index contributed by atoms with van der Waals surface area (Å²) in [6, 6.07) is 1.83. The number of rotatable bonds is 2. The molecule has 94 valence electrons. The van der Waals surface area contributed by atoms with Crippen molar-refractivity contribution in [2.75, 3.05) is 0 Å². The van der Waals surface area contributed by atoms with Gasteiger partial charge in [-0.15, -0.1) is 0 Å². The van der Waals surface area contributed by atoms with Crippen molar-refractivity contribution >= 4 is 5.97 Å². The van der Waals surface area contributed by atoms with E-state index in [-0.39, 0.29) is 0 Å². The Kier molecular flexibility index (Phi) is 3.83. The first kappa shape index (κ1) is 13.6. The van der Waals surface area contributed by atoms with Crippen LogP contribution < -0.4 is 5.73 Å². The van der Waals surface area contributed by atoms with Crippen LogP contribution in [0.1, 0.15) is 32.4 Å². The minimum atomic E-state index is -1.46. The molecule has 2 N–H and O–H groups in total. The van der Waals surface area contributed by atoms with Crippen molar-refractivity contribution in [1.29, 1.82) is 0 Å². The number of ether oxygens (including phenoxy) is 1. The topological polar surface area (TPSA) is 52.3 Å². The summed E-state index contributed by atoms with van der Waals surface area (Å²) in [5.74, 6) is -2.58. The van der Waals surface area contributed by atoms with E-state index < -0.39 is 34.8 Å². The van der Waals surface area contributed by atoms with Crippen molar-refractivity contribution in [3.05, 3.63) is 35.4 Å². The molecule has 0 spiro atoms. The van der Waals surface area contributed by atoms with E-state index in [0.29, 0.717) is 0 Å². The highest BCUT2D eigenvalue weighted by Gasteiger charge is 2.27. The zero-order chi connectivity index (χ0) is 13.2. The minimum Gasteiger partial charge on any atom is -0.459 e. The summed E-state index contributed by atoms with van der Waals surface area (Å²) < 4.78 is 31.7. The van der Waals surface area contributed by atoms with E-state index >= 15 is 0 Å². The van der Waals surface area contributed by atoms with Gasteiger partial charge in [-0.25, -0.2) is 13.6 Å². The van der Waals surface area contributed by atoms with Crippen molar-refractivity contribution < 1.29 is 18.3 Å². The lowest BCUT2D eigenvalue weighted by Gasteiger charge is -2.22. The van der Waals surface area contributed by atoms with Crippen LogP contribution in [0.5, 0.6) is 0 Å². The quantitative estimate of drug-likeness (QED) is 0.811. The second-order valence-electron chi connectivity index (χ2n) is 4.65. The number of hydrogen-bond donors (Lipinski definition) is 1. The molecular formula is C12H15F2NO2. The summed E-state index contributed by atoms with van der Waals surface area (Å²) in [5.41, 5.74) is 4.27.